The summed E-state index contributed by atoms with van der Waals surface area (Å²) in [6, 6.07) is 0. The first-order valence-electron chi connectivity index (χ1n) is 5.58. The summed E-state index contributed by atoms with van der Waals surface area (Å²) in [5, 5.41) is 0. The van der Waals surface area contributed by atoms with Crippen LogP contribution in [0.25, 0.3) is 0 Å². The topological polar surface area (TPSA) is 36.9 Å². The van der Waals surface area contributed by atoms with Gasteiger partial charge in [0, 0.05) is 0 Å². The number of halogens is 1. The second-order valence-corrected chi connectivity index (χ2v) is 4.59. The molecule has 0 aliphatic carbocycles. The molecule has 0 spiro atoms. The van der Waals surface area contributed by atoms with Crippen molar-refractivity contribution in [2.75, 3.05) is 32.3 Å². The lowest BCUT2D eigenvalue weighted by molar-refractivity contribution is -0.148. The number of rotatable bonds is 7. The van der Waals surface area contributed by atoms with Crippen LogP contribution >= 0.6 is 11.6 Å². The minimum absolute atomic E-state index is 0.0525. The van der Waals surface area contributed by atoms with Crippen LogP contribution in [-0.4, -0.2) is 50.3 Å². The Labute approximate surface area is 108 Å². The molecule has 0 saturated carbocycles. The van der Waals surface area contributed by atoms with Crippen LogP contribution in [0.1, 0.15) is 13.8 Å². The van der Waals surface area contributed by atoms with Crippen molar-refractivity contribution in [3.63, 3.8) is 0 Å². The Bertz CT molecular complexity index is 262. The van der Waals surface area contributed by atoms with E-state index >= 15 is 0 Å². The van der Waals surface area contributed by atoms with Crippen molar-refractivity contribution in [3.05, 3.63) is 0 Å². The van der Waals surface area contributed by atoms with E-state index in [-0.39, 0.29) is 18.8 Å². The van der Waals surface area contributed by atoms with Gasteiger partial charge in [0.05, 0.1) is 31.8 Å². The van der Waals surface area contributed by atoms with Crippen LogP contribution in [0.15, 0.2) is 0 Å². The Morgan fingerprint density at radius 1 is 1.59 bits per heavy atom. The van der Waals surface area contributed by atoms with Crippen LogP contribution in [-0.2, 0) is 18.9 Å². The van der Waals surface area contributed by atoms with Crippen molar-refractivity contribution < 1.29 is 18.9 Å². The zero-order valence-electron chi connectivity index (χ0n) is 10.3. The molecule has 2 atom stereocenters. The number of terminal acetylenes is 1. The van der Waals surface area contributed by atoms with Crippen molar-refractivity contribution in [2.45, 2.75) is 31.8 Å². The molecule has 1 saturated heterocycles. The van der Waals surface area contributed by atoms with Crippen LogP contribution in [0.3, 0.4) is 0 Å². The first-order chi connectivity index (χ1) is 8.07. The molecular weight excluding hydrogens is 244 g/mol. The lowest BCUT2D eigenvalue weighted by Gasteiger charge is -2.19. The summed E-state index contributed by atoms with van der Waals surface area (Å²) < 4.78 is 21.8. The third-order valence-corrected chi connectivity index (χ3v) is 2.59. The van der Waals surface area contributed by atoms with Gasteiger partial charge in [0.1, 0.15) is 12.7 Å². The molecule has 0 unspecified atom stereocenters. The maximum atomic E-state index is 5.76. The summed E-state index contributed by atoms with van der Waals surface area (Å²) in [7, 11) is 0. The Balaban J connectivity index is 2.17. The molecule has 1 rings (SSSR count). The highest BCUT2D eigenvalue weighted by Gasteiger charge is 2.33. The van der Waals surface area contributed by atoms with E-state index in [1.807, 2.05) is 13.8 Å². The molecule has 17 heavy (non-hydrogen) atoms. The number of alkyl halides is 1. The van der Waals surface area contributed by atoms with Gasteiger partial charge in [0.25, 0.3) is 0 Å². The van der Waals surface area contributed by atoms with Crippen molar-refractivity contribution in [3.8, 4) is 12.3 Å². The molecule has 98 valence electrons. The maximum absolute atomic E-state index is 5.76. The van der Waals surface area contributed by atoms with Gasteiger partial charge in [-0.25, -0.2) is 0 Å². The smallest absolute Gasteiger partial charge is 0.163 e. The molecule has 5 heteroatoms. The lowest BCUT2D eigenvalue weighted by Crippen LogP contribution is -2.29. The number of hydrogen-bond acceptors (Lipinski definition) is 4. The molecule has 1 fully saturated rings. The van der Waals surface area contributed by atoms with E-state index in [0.717, 1.165) is 0 Å². The number of ether oxygens (including phenoxy) is 4. The summed E-state index contributed by atoms with van der Waals surface area (Å²) in [6.45, 7) is 5.40. The minimum Gasteiger partial charge on any atom is -0.372 e. The van der Waals surface area contributed by atoms with Gasteiger partial charge >= 0.3 is 0 Å². The molecule has 0 aromatic heterocycles. The fraction of sp³-hybridized carbons (Fsp3) is 0.833. The van der Waals surface area contributed by atoms with Crippen LogP contribution < -0.4 is 0 Å². The van der Waals surface area contributed by atoms with Gasteiger partial charge in [-0.1, -0.05) is 5.92 Å². The molecule has 0 aromatic rings. The molecule has 1 heterocycles. The summed E-state index contributed by atoms with van der Waals surface area (Å²) in [4.78, 5) is 0. The fourth-order valence-electron chi connectivity index (χ4n) is 1.48. The highest BCUT2D eigenvalue weighted by atomic mass is 35.5. The highest BCUT2D eigenvalue weighted by Crippen LogP contribution is 2.22. The minimum atomic E-state index is -0.523. The van der Waals surface area contributed by atoms with Gasteiger partial charge in [-0.15, -0.1) is 18.0 Å². The first kappa shape index (κ1) is 14.7. The largest absolute Gasteiger partial charge is 0.372 e. The molecule has 0 N–H and O–H groups in total. The zero-order valence-corrected chi connectivity index (χ0v) is 11.0. The van der Waals surface area contributed by atoms with Gasteiger partial charge in [0.2, 0.25) is 0 Å². The van der Waals surface area contributed by atoms with E-state index in [1.54, 1.807) is 0 Å². The SMILES string of the molecule is C#CCOC[C@H](CCl)OC[C@@H]1COC(C)(C)O1. The third-order valence-electron chi connectivity index (χ3n) is 2.25. The van der Waals surface area contributed by atoms with E-state index in [0.29, 0.717) is 25.7 Å². The average molecular weight is 263 g/mol. The summed E-state index contributed by atoms with van der Waals surface area (Å²) >= 11 is 5.76. The van der Waals surface area contributed by atoms with Crippen LogP contribution in [0, 0.1) is 12.3 Å². The van der Waals surface area contributed by atoms with Gasteiger partial charge in [-0.3, -0.25) is 0 Å². The molecule has 0 radical (unpaired) electrons. The zero-order chi connectivity index (χ0) is 12.7. The Morgan fingerprint density at radius 2 is 2.35 bits per heavy atom. The predicted molar refractivity (Wildman–Crippen MR) is 65.0 cm³/mol. The van der Waals surface area contributed by atoms with Gasteiger partial charge in [-0.2, -0.15) is 0 Å². The molecular formula is C12H19ClO4. The van der Waals surface area contributed by atoms with Crippen molar-refractivity contribution in [1.82, 2.24) is 0 Å². The second-order valence-electron chi connectivity index (χ2n) is 4.28. The van der Waals surface area contributed by atoms with Crippen LogP contribution in [0.4, 0.5) is 0 Å². The Morgan fingerprint density at radius 3 is 2.88 bits per heavy atom. The average Bonchev–Trinajstić information content (AvgIpc) is 2.63. The molecule has 0 amide bonds. The van der Waals surface area contributed by atoms with E-state index in [2.05, 4.69) is 5.92 Å². The van der Waals surface area contributed by atoms with Crippen LogP contribution in [0.2, 0.25) is 0 Å². The van der Waals surface area contributed by atoms with Gasteiger partial charge in [-0.05, 0) is 13.8 Å². The van der Waals surface area contributed by atoms with Crippen molar-refractivity contribution in [1.29, 1.82) is 0 Å². The molecule has 1 aliphatic heterocycles. The second kappa shape index (κ2) is 7.20. The van der Waals surface area contributed by atoms with E-state index < -0.39 is 5.79 Å². The lowest BCUT2D eigenvalue weighted by atomic mass is 10.4. The predicted octanol–water partition coefficient (Wildman–Crippen LogP) is 1.41. The molecule has 1 aliphatic rings. The third kappa shape index (κ3) is 5.71. The quantitative estimate of drug-likeness (QED) is 0.395. The molecule has 0 aromatic carbocycles. The number of hydrogen-bond donors (Lipinski definition) is 0. The van der Waals surface area contributed by atoms with Crippen LogP contribution in [0.5, 0.6) is 0 Å². The van der Waals surface area contributed by atoms with Gasteiger partial charge < -0.3 is 18.9 Å². The summed E-state index contributed by atoms with van der Waals surface area (Å²) in [5.74, 6) is 2.23. The van der Waals surface area contributed by atoms with Crippen molar-refractivity contribution >= 4 is 11.6 Å². The Kier molecular flexibility index (Phi) is 6.24. The summed E-state index contributed by atoms with van der Waals surface area (Å²) in [6.07, 6.45) is 4.85. The molecule has 4 nitrogen and oxygen atoms in total. The monoisotopic (exact) mass is 262 g/mol. The highest BCUT2D eigenvalue weighted by molar-refractivity contribution is 6.18. The summed E-state index contributed by atoms with van der Waals surface area (Å²) in [5.41, 5.74) is 0. The van der Waals surface area contributed by atoms with Crippen molar-refractivity contribution in [2.24, 2.45) is 0 Å². The standard InChI is InChI=1S/C12H19ClO4/c1-4-5-14-7-10(6-13)15-8-11-9-16-12(2,3)17-11/h1,10-11H,5-9H2,2-3H3/t10-,11+/m0/s1. The Hall–Kier alpha value is -0.310. The fourth-order valence-corrected chi connectivity index (χ4v) is 1.65. The van der Waals surface area contributed by atoms with E-state index in [4.69, 9.17) is 37.0 Å². The van der Waals surface area contributed by atoms with E-state index in [9.17, 15) is 0 Å². The van der Waals surface area contributed by atoms with E-state index in [1.165, 1.54) is 0 Å². The van der Waals surface area contributed by atoms with Gasteiger partial charge in [0.15, 0.2) is 5.79 Å². The molecule has 0 bridgehead atoms. The normalized spacial score (nSPS) is 24.5. The first-order valence-corrected chi connectivity index (χ1v) is 6.11. The maximum Gasteiger partial charge on any atom is 0.163 e.